The Morgan fingerprint density at radius 2 is 1.66 bits per heavy atom. The Labute approximate surface area is 170 Å². The molecule has 2 aliphatic heterocycles. The van der Waals surface area contributed by atoms with Gasteiger partial charge in [-0.1, -0.05) is 35.9 Å². The van der Waals surface area contributed by atoms with Crippen LogP contribution in [-0.2, 0) is 19.6 Å². The number of amides is 2. The highest BCUT2D eigenvalue weighted by Gasteiger charge is 2.36. The van der Waals surface area contributed by atoms with Gasteiger partial charge in [-0.25, -0.2) is 8.42 Å². The van der Waals surface area contributed by atoms with E-state index in [0.29, 0.717) is 18.8 Å². The summed E-state index contributed by atoms with van der Waals surface area (Å²) in [6, 6.07) is 14.1. The van der Waals surface area contributed by atoms with Gasteiger partial charge in [0, 0.05) is 38.3 Å². The number of piperazine rings is 1. The molecule has 2 aliphatic rings. The van der Waals surface area contributed by atoms with Gasteiger partial charge < -0.3 is 10.2 Å². The molecule has 2 heterocycles. The van der Waals surface area contributed by atoms with Crippen molar-refractivity contribution in [2.75, 3.05) is 31.5 Å². The van der Waals surface area contributed by atoms with Crippen molar-refractivity contribution in [1.29, 1.82) is 0 Å². The van der Waals surface area contributed by atoms with Gasteiger partial charge >= 0.3 is 0 Å². The second-order valence-electron chi connectivity index (χ2n) is 7.43. The molecular formula is C21H23N3O4S. The minimum atomic E-state index is -3.58. The van der Waals surface area contributed by atoms with E-state index in [-0.39, 0.29) is 36.2 Å². The van der Waals surface area contributed by atoms with Gasteiger partial charge in [-0.3, -0.25) is 9.59 Å². The monoisotopic (exact) mass is 413 g/mol. The van der Waals surface area contributed by atoms with E-state index in [1.807, 2.05) is 25.1 Å². The number of fused-ring (bicyclic) bond motifs is 1. The van der Waals surface area contributed by atoms with Crippen LogP contribution in [0.1, 0.15) is 23.5 Å². The van der Waals surface area contributed by atoms with Gasteiger partial charge in [0.25, 0.3) is 0 Å². The topological polar surface area (TPSA) is 86.8 Å². The summed E-state index contributed by atoms with van der Waals surface area (Å²) in [4.78, 5) is 27.1. The standard InChI is InChI=1S/C21H23N3O4S/c1-15-6-8-16(9-7-15)29(27,28)24-12-10-23(11-13-24)21(26)18-14-20(25)22-19-5-3-2-4-17(18)19/h2-9,18H,10-14H2,1H3,(H,22,25)/t18-/m0/s1. The molecule has 2 aromatic rings. The van der Waals surface area contributed by atoms with Gasteiger partial charge in [-0.15, -0.1) is 0 Å². The van der Waals surface area contributed by atoms with Crippen molar-refractivity contribution < 1.29 is 18.0 Å². The molecule has 2 aromatic carbocycles. The summed E-state index contributed by atoms with van der Waals surface area (Å²) in [7, 11) is -3.58. The van der Waals surface area contributed by atoms with E-state index in [1.165, 1.54) is 4.31 Å². The summed E-state index contributed by atoms with van der Waals surface area (Å²) in [5.74, 6) is -0.831. The first-order chi connectivity index (χ1) is 13.9. The first-order valence-corrected chi connectivity index (χ1v) is 11.0. The quantitative estimate of drug-likeness (QED) is 0.833. The molecule has 4 rings (SSSR count). The Bertz CT molecular complexity index is 1040. The molecule has 1 saturated heterocycles. The van der Waals surface area contributed by atoms with Crippen LogP contribution in [0.15, 0.2) is 53.4 Å². The van der Waals surface area contributed by atoms with Crippen LogP contribution in [0.2, 0.25) is 0 Å². The summed E-state index contributed by atoms with van der Waals surface area (Å²) in [6.45, 7) is 3.00. The number of hydrogen-bond donors (Lipinski definition) is 1. The highest BCUT2D eigenvalue weighted by molar-refractivity contribution is 7.89. The van der Waals surface area contributed by atoms with Crippen LogP contribution in [0.25, 0.3) is 0 Å². The maximum Gasteiger partial charge on any atom is 0.243 e. The lowest BCUT2D eigenvalue weighted by Gasteiger charge is -2.36. The molecule has 1 fully saturated rings. The van der Waals surface area contributed by atoms with Crippen molar-refractivity contribution in [3.63, 3.8) is 0 Å². The van der Waals surface area contributed by atoms with Crippen molar-refractivity contribution in [1.82, 2.24) is 9.21 Å². The Morgan fingerprint density at radius 3 is 2.34 bits per heavy atom. The third-order valence-electron chi connectivity index (χ3n) is 5.51. The summed E-state index contributed by atoms with van der Waals surface area (Å²) in [6.07, 6.45) is 0.109. The van der Waals surface area contributed by atoms with E-state index in [1.54, 1.807) is 35.2 Å². The van der Waals surface area contributed by atoms with Gasteiger partial charge in [-0.2, -0.15) is 4.31 Å². The number of nitrogens with zero attached hydrogens (tertiary/aromatic N) is 2. The summed E-state index contributed by atoms with van der Waals surface area (Å²) >= 11 is 0. The molecule has 0 aliphatic carbocycles. The van der Waals surface area contributed by atoms with Crippen LogP contribution in [0.3, 0.4) is 0 Å². The number of sulfonamides is 1. The molecule has 2 amide bonds. The first kappa shape index (κ1) is 19.6. The molecule has 1 N–H and O–H groups in total. The molecular weight excluding hydrogens is 390 g/mol. The van der Waals surface area contributed by atoms with Crippen LogP contribution in [0.4, 0.5) is 5.69 Å². The van der Waals surface area contributed by atoms with Crippen molar-refractivity contribution >= 4 is 27.5 Å². The van der Waals surface area contributed by atoms with Crippen molar-refractivity contribution in [3.8, 4) is 0 Å². The van der Waals surface area contributed by atoms with Gasteiger partial charge in [0.15, 0.2) is 0 Å². The lowest BCUT2D eigenvalue weighted by molar-refractivity contribution is -0.136. The lowest BCUT2D eigenvalue weighted by Crippen LogP contribution is -2.52. The second-order valence-corrected chi connectivity index (χ2v) is 9.37. The predicted octanol–water partition coefficient (Wildman–Crippen LogP) is 1.95. The first-order valence-electron chi connectivity index (χ1n) is 9.60. The Kier molecular flexibility index (Phi) is 5.14. The molecule has 0 unspecified atom stereocenters. The van der Waals surface area contributed by atoms with Crippen LogP contribution in [0, 0.1) is 6.92 Å². The van der Waals surface area contributed by atoms with Crippen molar-refractivity contribution in [2.45, 2.75) is 24.2 Å². The molecule has 8 heteroatoms. The van der Waals surface area contributed by atoms with Gasteiger partial charge in [0.2, 0.25) is 21.8 Å². The Morgan fingerprint density at radius 1 is 1.00 bits per heavy atom. The maximum absolute atomic E-state index is 13.1. The number of carbonyl (C=O) groups excluding carboxylic acids is 2. The number of hydrogen-bond acceptors (Lipinski definition) is 4. The van der Waals surface area contributed by atoms with E-state index >= 15 is 0 Å². The lowest BCUT2D eigenvalue weighted by atomic mass is 9.89. The average molecular weight is 413 g/mol. The maximum atomic E-state index is 13.1. The Balaban J connectivity index is 1.47. The molecule has 0 spiro atoms. The van der Waals surface area contributed by atoms with E-state index in [2.05, 4.69) is 5.32 Å². The SMILES string of the molecule is Cc1ccc(S(=O)(=O)N2CCN(C(=O)[C@H]3CC(=O)Nc4ccccc43)CC2)cc1. The second kappa shape index (κ2) is 7.61. The van der Waals surface area contributed by atoms with Crippen LogP contribution < -0.4 is 5.32 Å². The number of carbonyl (C=O) groups is 2. The summed E-state index contributed by atoms with van der Waals surface area (Å²) in [5.41, 5.74) is 2.48. The largest absolute Gasteiger partial charge is 0.340 e. The van der Waals surface area contributed by atoms with Crippen LogP contribution in [0.5, 0.6) is 0 Å². The zero-order valence-electron chi connectivity index (χ0n) is 16.2. The Hall–Kier alpha value is -2.71. The average Bonchev–Trinajstić information content (AvgIpc) is 2.73. The zero-order valence-corrected chi connectivity index (χ0v) is 17.0. The van der Waals surface area contributed by atoms with E-state index in [9.17, 15) is 18.0 Å². The highest BCUT2D eigenvalue weighted by atomic mass is 32.2. The molecule has 1 atom stereocenters. The summed E-state index contributed by atoms with van der Waals surface area (Å²) < 4.78 is 27.1. The molecule has 7 nitrogen and oxygen atoms in total. The summed E-state index contributed by atoms with van der Waals surface area (Å²) in [5, 5.41) is 2.80. The number of rotatable bonds is 3. The number of anilines is 1. The minimum absolute atomic E-state index is 0.109. The predicted molar refractivity (Wildman–Crippen MR) is 109 cm³/mol. The highest BCUT2D eigenvalue weighted by Crippen LogP contribution is 2.33. The van der Waals surface area contributed by atoms with Crippen LogP contribution in [-0.4, -0.2) is 55.6 Å². The zero-order chi connectivity index (χ0) is 20.6. The number of aryl methyl sites for hydroxylation is 1. The molecule has 0 radical (unpaired) electrons. The van der Waals surface area contributed by atoms with Gasteiger partial charge in [0.05, 0.1) is 10.8 Å². The van der Waals surface area contributed by atoms with E-state index in [4.69, 9.17) is 0 Å². The van der Waals surface area contributed by atoms with Gasteiger partial charge in [0.1, 0.15) is 0 Å². The molecule has 152 valence electrons. The third-order valence-corrected chi connectivity index (χ3v) is 7.42. The fourth-order valence-corrected chi connectivity index (χ4v) is 5.28. The van der Waals surface area contributed by atoms with E-state index < -0.39 is 15.9 Å². The molecule has 0 saturated carbocycles. The minimum Gasteiger partial charge on any atom is -0.340 e. The smallest absolute Gasteiger partial charge is 0.243 e. The fourth-order valence-electron chi connectivity index (χ4n) is 3.86. The van der Waals surface area contributed by atoms with Gasteiger partial charge in [-0.05, 0) is 30.7 Å². The normalized spacial score (nSPS) is 20.1. The number of para-hydroxylation sites is 1. The van der Waals surface area contributed by atoms with Crippen LogP contribution >= 0.6 is 0 Å². The van der Waals surface area contributed by atoms with Crippen molar-refractivity contribution in [3.05, 3.63) is 59.7 Å². The fraction of sp³-hybridized carbons (Fsp3) is 0.333. The molecule has 29 heavy (non-hydrogen) atoms. The number of nitrogens with one attached hydrogen (secondary N) is 1. The molecule has 0 bridgehead atoms. The third kappa shape index (κ3) is 3.77. The number of benzene rings is 2. The van der Waals surface area contributed by atoms with E-state index in [0.717, 1.165) is 11.1 Å². The molecule has 0 aromatic heterocycles. The van der Waals surface area contributed by atoms with Crippen molar-refractivity contribution in [2.24, 2.45) is 0 Å².